The van der Waals surface area contributed by atoms with Crippen molar-refractivity contribution < 1.29 is 4.74 Å². The van der Waals surface area contributed by atoms with Crippen molar-refractivity contribution in [2.75, 3.05) is 6.61 Å². The summed E-state index contributed by atoms with van der Waals surface area (Å²) in [6.45, 7) is 0.584. The number of aromatic nitrogens is 1. The molecule has 2 rings (SSSR count). The van der Waals surface area contributed by atoms with E-state index in [4.69, 9.17) is 10.5 Å². The van der Waals surface area contributed by atoms with E-state index in [1.807, 2.05) is 6.07 Å². The van der Waals surface area contributed by atoms with Crippen LogP contribution in [-0.4, -0.2) is 11.6 Å². The van der Waals surface area contributed by atoms with Gasteiger partial charge in [0.15, 0.2) is 0 Å². The molecule has 68 valence electrons. The molecular weight excluding hydrogens is 199 g/mol. The monoisotopic (exact) mass is 208 g/mol. The van der Waals surface area contributed by atoms with E-state index in [0.717, 1.165) is 11.3 Å². The fourth-order valence-corrected chi connectivity index (χ4v) is 1.09. The quantitative estimate of drug-likeness (QED) is 0.700. The average molecular weight is 209 g/mol. The van der Waals surface area contributed by atoms with Crippen molar-refractivity contribution in [3.05, 3.63) is 24.0 Å². The van der Waals surface area contributed by atoms with Crippen LogP contribution in [0.3, 0.4) is 0 Å². The first-order valence-electron chi connectivity index (χ1n) is 3.20. The van der Waals surface area contributed by atoms with Gasteiger partial charge in [-0.05, 0) is 6.07 Å². The lowest BCUT2D eigenvalue weighted by Gasteiger charge is -1.96. The lowest BCUT2D eigenvalue weighted by molar-refractivity contribution is 0.332. The molecule has 3 nitrogen and oxygen atoms in total. The molecule has 0 aromatic carbocycles. The van der Waals surface area contributed by atoms with E-state index in [9.17, 15) is 0 Å². The zero-order valence-electron chi connectivity index (χ0n) is 6.27. The zero-order chi connectivity index (χ0) is 6.97. The molecule has 1 aliphatic rings. The third-order valence-corrected chi connectivity index (χ3v) is 1.63. The summed E-state index contributed by atoms with van der Waals surface area (Å²) in [6, 6.07) is 1.94. The molecule has 0 fully saturated rings. The highest BCUT2D eigenvalue weighted by Gasteiger charge is 2.19. The van der Waals surface area contributed by atoms with E-state index in [1.54, 1.807) is 12.4 Å². The minimum absolute atomic E-state index is 0. The van der Waals surface area contributed by atoms with Gasteiger partial charge in [0, 0.05) is 11.8 Å². The van der Waals surface area contributed by atoms with Crippen molar-refractivity contribution in [1.29, 1.82) is 0 Å². The van der Waals surface area contributed by atoms with E-state index in [0.29, 0.717) is 6.61 Å². The van der Waals surface area contributed by atoms with Crippen molar-refractivity contribution >= 4 is 24.8 Å². The predicted molar refractivity (Wildman–Crippen MR) is 51.2 cm³/mol. The van der Waals surface area contributed by atoms with Crippen molar-refractivity contribution in [1.82, 2.24) is 4.98 Å². The SMILES string of the molecule is Cl.Cl.NC1COc2cnccc21. The predicted octanol–water partition coefficient (Wildman–Crippen LogP) is 1.32. The van der Waals surface area contributed by atoms with Crippen LogP contribution in [0.4, 0.5) is 0 Å². The molecule has 0 saturated heterocycles. The van der Waals surface area contributed by atoms with Crippen molar-refractivity contribution in [2.24, 2.45) is 5.73 Å². The summed E-state index contributed by atoms with van der Waals surface area (Å²) in [5.41, 5.74) is 6.76. The molecule has 2 N–H and O–H groups in total. The summed E-state index contributed by atoms with van der Waals surface area (Å²) in [5.74, 6) is 0.829. The van der Waals surface area contributed by atoms with Crippen molar-refractivity contribution in [2.45, 2.75) is 6.04 Å². The van der Waals surface area contributed by atoms with Gasteiger partial charge in [0.1, 0.15) is 12.4 Å². The molecule has 0 aliphatic carbocycles. The van der Waals surface area contributed by atoms with Gasteiger partial charge in [-0.15, -0.1) is 24.8 Å². The highest BCUT2D eigenvalue weighted by Crippen LogP contribution is 2.28. The summed E-state index contributed by atoms with van der Waals surface area (Å²) >= 11 is 0. The van der Waals surface area contributed by atoms with Crippen LogP contribution in [0.15, 0.2) is 18.5 Å². The van der Waals surface area contributed by atoms with E-state index >= 15 is 0 Å². The van der Waals surface area contributed by atoms with Gasteiger partial charge in [-0.25, -0.2) is 0 Å². The number of ether oxygens (including phenoxy) is 1. The van der Waals surface area contributed by atoms with Gasteiger partial charge >= 0.3 is 0 Å². The van der Waals surface area contributed by atoms with Crippen molar-refractivity contribution in [3.63, 3.8) is 0 Å². The highest BCUT2D eigenvalue weighted by molar-refractivity contribution is 5.85. The fourth-order valence-electron chi connectivity index (χ4n) is 1.09. The summed E-state index contributed by atoms with van der Waals surface area (Å²) in [5, 5.41) is 0. The normalized spacial score (nSPS) is 18.2. The maximum absolute atomic E-state index is 5.69. The molecule has 1 aliphatic heterocycles. The van der Waals surface area contributed by atoms with Gasteiger partial charge in [-0.2, -0.15) is 0 Å². The molecule has 0 bridgehead atoms. The van der Waals surface area contributed by atoms with Gasteiger partial charge in [-0.1, -0.05) is 0 Å². The molecule has 12 heavy (non-hydrogen) atoms. The Kier molecular flexibility index (Phi) is 4.31. The number of fused-ring (bicyclic) bond motifs is 1. The van der Waals surface area contributed by atoms with E-state index < -0.39 is 0 Å². The smallest absolute Gasteiger partial charge is 0.142 e. The standard InChI is InChI=1S/C7H8N2O.2ClH/c8-6-4-10-7-3-9-2-1-5(6)7;;/h1-3,6H,4,8H2;2*1H. The first-order valence-corrected chi connectivity index (χ1v) is 3.20. The van der Waals surface area contributed by atoms with Gasteiger partial charge in [0.25, 0.3) is 0 Å². The van der Waals surface area contributed by atoms with E-state index in [-0.39, 0.29) is 30.9 Å². The Bertz CT molecular complexity index is 257. The fraction of sp³-hybridized carbons (Fsp3) is 0.286. The zero-order valence-corrected chi connectivity index (χ0v) is 7.90. The van der Waals surface area contributed by atoms with Crippen LogP contribution in [-0.2, 0) is 0 Å². The second-order valence-corrected chi connectivity index (χ2v) is 2.33. The van der Waals surface area contributed by atoms with E-state index in [1.165, 1.54) is 0 Å². The number of pyridine rings is 1. The molecule has 1 atom stereocenters. The minimum atomic E-state index is 0. The molecule has 0 radical (unpaired) electrons. The number of nitrogens with two attached hydrogens (primary N) is 1. The number of hydrogen-bond acceptors (Lipinski definition) is 3. The Morgan fingerprint density at radius 1 is 1.50 bits per heavy atom. The summed E-state index contributed by atoms with van der Waals surface area (Å²) in [7, 11) is 0. The largest absolute Gasteiger partial charge is 0.490 e. The Hall–Kier alpha value is -0.510. The van der Waals surface area contributed by atoms with Crippen LogP contribution in [0.25, 0.3) is 0 Å². The third-order valence-electron chi connectivity index (χ3n) is 1.63. The molecule has 2 heterocycles. The number of halogens is 2. The average Bonchev–Trinajstić information content (AvgIpc) is 2.34. The molecule has 0 amide bonds. The minimum Gasteiger partial charge on any atom is -0.490 e. The first kappa shape index (κ1) is 11.5. The molecule has 1 aromatic rings. The molecule has 5 heteroatoms. The Morgan fingerprint density at radius 3 is 2.92 bits per heavy atom. The van der Waals surface area contributed by atoms with Gasteiger partial charge in [0.2, 0.25) is 0 Å². The summed E-state index contributed by atoms with van der Waals surface area (Å²) < 4.78 is 5.22. The van der Waals surface area contributed by atoms with Gasteiger partial charge < -0.3 is 10.5 Å². The first-order chi connectivity index (χ1) is 4.88. The maximum Gasteiger partial charge on any atom is 0.142 e. The molecule has 1 unspecified atom stereocenters. The maximum atomic E-state index is 5.69. The van der Waals surface area contributed by atoms with Crippen LogP contribution in [0.2, 0.25) is 0 Å². The third kappa shape index (κ3) is 1.80. The second kappa shape index (κ2) is 4.50. The molecule has 0 saturated carbocycles. The Labute approximate surface area is 83.1 Å². The highest BCUT2D eigenvalue weighted by atomic mass is 35.5. The van der Waals surface area contributed by atoms with Crippen LogP contribution < -0.4 is 10.5 Å². The lowest BCUT2D eigenvalue weighted by Crippen LogP contribution is -2.10. The van der Waals surface area contributed by atoms with Crippen LogP contribution in [0.1, 0.15) is 11.6 Å². The number of rotatable bonds is 0. The Balaban J connectivity index is 0.000000605. The number of nitrogens with zero attached hydrogens (tertiary/aromatic N) is 1. The van der Waals surface area contributed by atoms with Crippen LogP contribution >= 0.6 is 24.8 Å². The molecule has 0 spiro atoms. The Morgan fingerprint density at radius 2 is 2.25 bits per heavy atom. The summed E-state index contributed by atoms with van der Waals surface area (Å²) in [6.07, 6.45) is 3.43. The van der Waals surface area contributed by atoms with E-state index in [2.05, 4.69) is 4.98 Å². The lowest BCUT2D eigenvalue weighted by atomic mass is 10.1. The summed E-state index contributed by atoms with van der Waals surface area (Å²) in [4.78, 5) is 3.91. The van der Waals surface area contributed by atoms with Gasteiger partial charge in [0.05, 0.1) is 12.2 Å². The van der Waals surface area contributed by atoms with Gasteiger partial charge in [-0.3, -0.25) is 4.98 Å². The van der Waals surface area contributed by atoms with Crippen LogP contribution in [0.5, 0.6) is 5.75 Å². The van der Waals surface area contributed by atoms with Crippen molar-refractivity contribution in [3.8, 4) is 5.75 Å². The molecular formula is C7H10Cl2N2O. The topological polar surface area (TPSA) is 48.1 Å². The molecule has 1 aromatic heterocycles. The van der Waals surface area contributed by atoms with Crippen LogP contribution in [0, 0.1) is 0 Å². The second-order valence-electron chi connectivity index (χ2n) is 2.33. The number of hydrogen-bond donors (Lipinski definition) is 1.